The zero-order valence-corrected chi connectivity index (χ0v) is 18.0. The Labute approximate surface area is 179 Å². The van der Waals surface area contributed by atoms with Crippen molar-refractivity contribution in [3.05, 3.63) is 35.4 Å². The quantitative estimate of drug-likeness (QED) is 0.535. The van der Waals surface area contributed by atoms with Crippen LogP contribution < -0.4 is 0 Å². The Hall–Kier alpha value is -2.48. The lowest BCUT2D eigenvalue weighted by molar-refractivity contribution is -0.167. The van der Waals surface area contributed by atoms with Crippen molar-refractivity contribution in [1.82, 2.24) is 4.90 Å². The average molecular weight is 410 g/mol. The number of esters is 1. The van der Waals surface area contributed by atoms with Crippen LogP contribution in [-0.4, -0.2) is 42.3 Å². The second-order valence-corrected chi connectivity index (χ2v) is 8.93. The highest BCUT2D eigenvalue weighted by Gasteiger charge is 2.54. The van der Waals surface area contributed by atoms with Gasteiger partial charge in [0.05, 0.1) is 13.0 Å². The highest BCUT2D eigenvalue weighted by molar-refractivity contribution is 5.74. The molecule has 1 amide bonds. The van der Waals surface area contributed by atoms with Gasteiger partial charge in [-0.3, -0.25) is 4.79 Å². The molecule has 0 radical (unpaired) electrons. The monoisotopic (exact) mass is 409 g/mol. The van der Waals surface area contributed by atoms with Crippen LogP contribution >= 0.6 is 0 Å². The SMILES string of the molecule is COC(=O)N1CC[C@@H]2[C@H]1CCC[C@]2(C#Cc1cccc(C)c1)OC(=O)C1CCCC1. The summed E-state index contributed by atoms with van der Waals surface area (Å²) in [6.45, 7) is 2.67. The molecule has 2 saturated carbocycles. The van der Waals surface area contributed by atoms with E-state index in [-0.39, 0.29) is 29.9 Å². The van der Waals surface area contributed by atoms with Crippen LogP contribution in [0.15, 0.2) is 24.3 Å². The Morgan fingerprint density at radius 1 is 1.13 bits per heavy atom. The fraction of sp³-hybridized carbons (Fsp3) is 0.600. The summed E-state index contributed by atoms with van der Waals surface area (Å²) in [7, 11) is 1.42. The van der Waals surface area contributed by atoms with Gasteiger partial charge in [0.2, 0.25) is 0 Å². The first-order chi connectivity index (χ1) is 14.5. The molecule has 1 aromatic carbocycles. The lowest BCUT2D eigenvalue weighted by Gasteiger charge is -2.43. The average Bonchev–Trinajstić information content (AvgIpc) is 3.43. The number of fused-ring (bicyclic) bond motifs is 1. The number of benzene rings is 1. The zero-order chi connectivity index (χ0) is 21.1. The maximum atomic E-state index is 13.0. The number of hydrogen-bond acceptors (Lipinski definition) is 4. The van der Waals surface area contributed by atoms with E-state index >= 15 is 0 Å². The maximum Gasteiger partial charge on any atom is 0.409 e. The first-order valence-electron chi connectivity index (χ1n) is 11.2. The molecule has 5 heteroatoms. The summed E-state index contributed by atoms with van der Waals surface area (Å²) >= 11 is 0. The van der Waals surface area contributed by atoms with Gasteiger partial charge in [0.15, 0.2) is 5.60 Å². The molecular formula is C25H31NO4. The van der Waals surface area contributed by atoms with Crippen molar-refractivity contribution in [3.63, 3.8) is 0 Å². The summed E-state index contributed by atoms with van der Waals surface area (Å²) in [4.78, 5) is 27.1. The number of aryl methyl sites for hydroxylation is 1. The van der Waals surface area contributed by atoms with Gasteiger partial charge >= 0.3 is 12.1 Å². The molecule has 3 aliphatic rings. The van der Waals surface area contributed by atoms with Gasteiger partial charge in [-0.05, 0) is 69.1 Å². The van der Waals surface area contributed by atoms with E-state index in [1.807, 2.05) is 25.1 Å². The number of amides is 1. The highest BCUT2D eigenvalue weighted by atomic mass is 16.6. The summed E-state index contributed by atoms with van der Waals surface area (Å²) in [5, 5.41) is 0. The van der Waals surface area contributed by atoms with Crippen LogP contribution in [0.3, 0.4) is 0 Å². The fourth-order valence-corrected chi connectivity index (χ4v) is 5.49. The van der Waals surface area contributed by atoms with Crippen molar-refractivity contribution >= 4 is 12.1 Å². The number of carbonyl (C=O) groups is 2. The third-order valence-corrected chi connectivity index (χ3v) is 7.01. The summed E-state index contributed by atoms with van der Waals surface area (Å²) in [6, 6.07) is 8.09. The summed E-state index contributed by atoms with van der Waals surface area (Å²) in [5.41, 5.74) is 1.24. The fourth-order valence-electron chi connectivity index (χ4n) is 5.49. The molecule has 3 fully saturated rings. The summed E-state index contributed by atoms with van der Waals surface area (Å²) in [6.07, 6.45) is 6.95. The van der Waals surface area contributed by atoms with Gasteiger partial charge in [-0.1, -0.05) is 30.9 Å². The van der Waals surface area contributed by atoms with E-state index in [0.717, 1.165) is 62.5 Å². The number of ether oxygens (including phenoxy) is 2. The van der Waals surface area contributed by atoms with Crippen LogP contribution in [0.1, 0.15) is 62.5 Å². The van der Waals surface area contributed by atoms with Gasteiger partial charge in [0, 0.05) is 24.1 Å². The van der Waals surface area contributed by atoms with Crippen molar-refractivity contribution in [2.45, 2.75) is 69.9 Å². The lowest BCUT2D eigenvalue weighted by atomic mass is 9.72. The molecule has 0 bridgehead atoms. The number of carbonyl (C=O) groups excluding carboxylic acids is 2. The van der Waals surface area contributed by atoms with E-state index in [1.165, 1.54) is 7.11 Å². The van der Waals surface area contributed by atoms with Crippen LogP contribution in [0.2, 0.25) is 0 Å². The molecule has 1 aliphatic heterocycles. The third-order valence-electron chi connectivity index (χ3n) is 7.01. The Balaban J connectivity index is 1.66. The van der Waals surface area contributed by atoms with Crippen LogP contribution in [0.25, 0.3) is 0 Å². The lowest BCUT2D eigenvalue weighted by Crippen LogP contribution is -2.52. The number of nitrogens with zero attached hydrogens (tertiary/aromatic N) is 1. The smallest absolute Gasteiger partial charge is 0.409 e. The molecular weight excluding hydrogens is 378 g/mol. The molecule has 0 unspecified atom stereocenters. The first kappa shape index (κ1) is 20.8. The maximum absolute atomic E-state index is 13.0. The predicted octanol–water partition coefficient (Wildman–Crippen LogP) is 4.46. The minimum Gasteiger partial charge on any atom is -0.453 e. The van der Waals surface area contributed by atoms with Crippen molar-refractivity contribution in [3.8, 4) is 11.8 Å². The van der Waals surface area contributed by atoms with Gasteiger partial charge in [-0.25, -0.2) is 4.79 Å². The molecule has 0 spiro atoms. The second-order valence-electron chi connectivity index (χ2n) is 8.93. The van der Waals surface area contributed by atoms with E-state index in [4.69, 9.17) is 9.47 Å². The van der Waals surface area contributed by atoms with E-state index in [2.05, 4.69) is 17.9 Å². The van der Waals surface area contributed by atoms with E-state index < -0.39 is 5.60 Å². The Morgan fingerprint density at radius 3 is 2.67 bits per heavy atom. The number of methoxy groups -OCH3 is 1. The summed E-state index contributed by atoms with van der Waals surface area (Å²) in [5.74, 6) is 6.61. The van der Waals surface area contributed by atoms with Crippen molar-refractivity contribution in [1.29, 1.82) is 0 Å². The van der Waals surface area contributed by atoms with E-state index in [9.17, 15) is 9.59 Å². The Morgan fingerprint density at radius 2 is 1.93 bits per heavy atom. The normalized spacial score (nSPS) is 28.4. The predicted molar refractivity (Wildman–Crippen MR) is 114 cm³/mol. The van der Waals surface area contributed by atoms with E-state index in [0.29, 0.717) is 6.54 Å². The molecule has 160 valence electrons. The minimum absolute atomic E-state index is 0.00869. The molecule has 0 N–H and O–H groups in total. The molecule has 30 heavy (non-hydrogen) atoms. The Bertz CT molecular complexity index is 863. The van der Waals surface area contributed by atoms with E-state index in [1.54, 1.807) is 4.90 Å². The van der Waals surface area contributed by atoms with Crippen molar-refractivity contribution in [2.75, 3.05) is 13.7 Å². The number of likely N-dealkylation sites (tertiary alicyclic amines) is 1. The largest absolute Gasteiger partial charge is 0.453 e. The van der Waals surface area contributed by atoms with Gasteiger partial charge < -0.3 is 14.4 Å². The zero-order valence-electron chi connectivity index (χ0n) is 18.0. The molecule has 1 heterocycles. The standard InChI is InChI=1S/C25H31NO4/c1-18-7-5-8-19(17-18)12-15-25(30-23(27)20-9-3-4-10-20)14-6-11-22-21(25)13-16-26(22)24(28)29-2/h5,7-8,17,20-22H,3-4,6,9-11,13-14,16H2,1-2H3/t21-,22-,25-/m1/s1. The van der Waals surface area contributed by atoms with Gasteiger partial charge in [-0.15, -0.1) is 0 Å². The number of hydrogen-bond donors (Lipinski definition) is 0. The molecule has 3 atom stereocenters. The summed E-state index contributed by atoms with van der Waals surface area (Å²) < 4.78 is 11.3. The van der Waals surface area contributed by atoms with Crippen LogP contribution in [-0.2, 0) is 14.3 Å². The van der Waals surface area contributed by atoms with Crippen molar-refractivity contribution in [2.24, 2.45) is 11.8 Å². The van der Waals surface area contributed by atoms with Crippen LogP contribution in [0.4, 0.5) is 4.79 Å². The van der Waals surface area contributed by atoms with Gasteiger partial charge in [0.1, 0.15) is 0 Å². The molecule has 0 aromatic heterocycles. The van der Waals surface area contributed by atoms with Crippen LogP contribution in [0, 0.1) is 30.6 Å². The molecule has 4 rings (SSSR count). The molecule has 5 nitrogen and oxygen atoms in total. The molecule has 2 aliphatic carbocycles. The van der Waals surface area contributed by atoms with Gasteiger partial charge in [0.25, 0.3) is 0 Å². The highest BCUT2D eigenvalue weighted by Crippen LogP contribution is 2.46. The molecule has 1 aromatic rings. The Kier molecular flexibility index (Phi) is 6.04. The van der Waals surface area contributed by atoms with Gasteiger partial charge in [-0.2, -0.15) is 0 Å². The number of rotatable bonds is 2. The molecule has 1 saturated heterocycles. The second kappa shape index (κ2) is 8.71. The first-order valence-corrected chi connectivity index (χ1v) is 11.2. The topological polar surface area (TPSA) is 55.8 Å². The van der Waals surface area contributed by atoms with Crippen LogP contribution in [0.5, 0.6) is 0 Å². The van der Waals surface area contributed by atoms with Crippen molar-refractivity contribution < 1.29 is 19.1 Å². The minimum atomic E-state index is -0.838. The third kappa shape index (κ3) is 4.05.